The van der Waals surface area contributed by atoms with Crippen LogP contribution in [0.1, 0.15) is 15.9 Å². The maximum Gasteiger partial charge on any atom is 0.259 e. The van der Waals surface area contributed by atoms with E-state index in [1.165, 1.54) is 18.3 Å². The Hall–Kier alpha value is -2.36. The molecule has 0 saturated heterocycles. The molecule has 4 heteroatoms. The van der Waals surface area contributed by atoms with Gasteiger partial charge in [0.2, 0.25) is 5.56 Å². The van der Waals surface area contributed by atoms with Gasteiger partial charge in [-0.15, -0.1) is 0 Å². The zero-order valence-electron chi connectivity index (χ0n) is 10.3. The van der Waals surface area contributed by atoms with Crippen LogP contribution in [0, 0.1) is 6.92 Å². The SMILES string of the molecule is Cc1ccccc1N(C)C(=O)c1ccc(=O)[nH]c1. The number of nitrogens with zero attached hydrogens (tertiary/aromatic N) is 1. The van der Waals surface area contributed by atoms with E-state index in [1.54, 1.807) is 11.9 Å². The van der Waals surface area contributed by atoms with Crippen LogP contribution in [0.2, 0.25) is 0 Å². The average molecular weight is 242 g/mol. The van der Waals surface area contributed by atoms with Gasteiger partial charge in [0.05, 0.1) is 5.56 Å². The molecule has 2 rings (SSSR count). The summed E-state index contributed by atoms with van der Waals surface area (Å²) >= 11 is 0. The first-order valence-electron chi connectivity index (χ1n) is 5.62. The highest BCUT2D eigenvalue weighted by Crippen LogP contribution is 2.19. The van der Waals surface area contributed by atoms with Crippen molar-refractivity contribution in [2.45, 2.75) is 6.92 Å². The molecule has 2 aromatic rings. The Balaban J connectivity index is 2.32. The molecule has 0 atom stereocenters. The minimum atomic E-state index is -0.218. The lowest BCUT2D eigenvalue weighted by Crippen LogP contribution is -2.27. The van der Waals surface area contributed by atoms with Gasteiger partial charge in [0.1, 0.15) is 0 Å². The number of hydrogen-bond donors (Lipinski definition) is 1. The van der Waals surface area contributed by atoms with E-state index < -0.39 is 0 Å². The summed E-state index contributed by atoms with van der Waals surface area (Å²) in [5.74, 6) is -0.152. The minimum Gasteiger partial charge on any atom is -0.328 e. The number of amides is 1. The van der Waals surface area contributed by atoms with E-state index in [0.29, 0.717) is 5.56 Å². The van der Waals surface area contributed by atoms with Crippen LogP contribution in [0.4, 0.5) is 5.69 Å². The van der Waals surface area contributed by atoms with Gasteiger partial charge in [-0.3, -0.25) is 9.59 Å². The van der Waals surface area contributed by atoms with Crippen molar-refractivity contribution in [1.82, 2.24) is 4.98 Å². The molecule has 0 aliphatic carbocycles. The number of aromatic amines is 1. The Bertz CT molecular complexity index is 611. The summed E-state index contributed by atoms with van der Waals surface area (Å²) in [6.45, 7) is 1.95. The predicted octanol–water partition coefficient (Wildman–Crippen LogP) is 1.96. The van der Waals surface area contributed by atoms with Crippen molar-refractivity contribution < 1.29 is 4.79 Å². The molecule has 0 aliphatic heterocycles. The highest BCUT2D eigenvalue weighted by molar-refractivity contribution is 6.05. The van der Waals surface area contributed by atoms with Crippen LogP contribution in [0.3, 0.4) is 0 Å². The number of carbonyl (C=O) groups is 1. The molecule has 1 amide bonds. The van der Waals surface area contributed by atoms with Crippen LogP contribution in [-0.4, -0.2) is 17.9 Å². The Morgan fingerprint density at radius 2 is 1.89 bits per heavy atom. The first-order chi connectivity index (χ1) is 8.59. The van der Waals surface area contributed by atoms with Gasteiger partial charge in [-0.05, 0) is 24.6 Å². The van der Waals surface area contributed by atoms with Gasteiger partial charge in [-0.25, -0.2) is 0 Å². The molecule has 4 nitrogen and oxygen atoms in total. The molecule has 0 aliphatic rings. The molecule has 18 heavy (non-hydrogen) atoms. The van der Waals surface area contributed by atoms with E-state index in [0.717, 1.165) is 11.3 Å². The van der Waals surface area contributed by atoms with Crippen molar-refractivity contribution >= 4 is 11.6 Å². The Morgan fingerprint density at radius 1 is 1.17 bits per heavy atom. The van der Waals surface area contributed by atoms with Gasteiger partial charge in [-0.2, -0.15) is 0 Å². The summed E-state index contributed by atoms with van der Waals surface area (Å²) in [5.41, 5.74) is 2.12. The topological polar surface area (TPSA) is 53.2 Å². The van der Waals surface area contributed by atoms with Crippen molar-refractivity contribution in [3.05, 3.63) is 64.1 Å². The molecule has 0 bridgehead atoms. The van der Waals surface area contributed by atoms with Gasteiger partial charge in [0, 0.05) is 25.0 Å². The summed E-state index contributed by atoms with van der Waals surface area (Å²) in [6.07, 6.45) is 1.43. The number of aryl methyl sites for hydroxylation is 1. The zero-order valence-corrected chi connectivity index (χ0v) is 10.3. The molecule has 0 spiro atoms. The molecule has 0 fully saturated rings. The fourth-order valence-corrected chi connectivity index (χ4v) is 1.79. The molecule has 0 saturated carbocycles. The van der Waals surface area contributed by atoms with E-state index in [1.807, 2.05) is 31.2 Å². The Morgan fingerprint density at radius 3 is 2.50 bits per heavy atom. The number of hydrogen-bond acceptors (Lipinski definition) is 2. The van der Waals surface area contributed by atoms with Crippen molar-refractivity contribution in [2.75, 3.05) is 11.9 Å². The average Bonchev–Trinajstić information content (AvgIpc) is 2.38. The second-order valence-corrected chi connectivity index (χ2v) is 4.09. The monoisotopic (exact) mass is 242 g/mol. The van der Waals surface area contributed by atoms with Gasteiger partial charge in [0.15, 0.2) is 0 Å². The number of H-pyrrole nitrogens is 1. The lowest BCUT2D eigenvalue weighted by molar-refractivity contribution is 0.0992. The van der Waals surface area contributed by atoms with Gasteiger partial charge in [-0.1, -0.05) is 18.2 Å². The fraction of sp³-hybridized carbons (Fsp3) is 0.143. The number of pyridine rings is 1. The molecular formula is C14H14N2O2. The normalized spacial score (nSPS) is 10.1. The minimum absolute atomic E-state index is 0.152. The van der Waals surface area contributed by atoms with Crippen molar-refractivity contribution in [3.63, 3.8) is 0 Å². The summed E-state index contributed by atoms with van der Waals surface area (Å²) in [7, 11) is 1.72. The Labute approximate surface area is 105 Å². The summed E-state index contributed by atoms with van der Waals surface area (Å²) in [4.78, 5) is 27.2. The maximum absolute atomic E-state index is 12.2. The van der Waals surface area contributed by atoms with Gasteiger partial charge in [0.25, 0.3) is 5.91 Å². The van der Waals surface area contributed by atoms with E-state index in [4.69, 9.17) is 0 Å². The van der Waals surface area contributed by atoms with Crippen LogP contribution in [-0.2, 0) is 0 Å². The zero-order chi connectivity index (χ0) is 13.1. The number of carbonyl (C=O) groups excluding carboxylic acids is 1. The number of aromatic nitrogens is 1. The lowest BCUT2D eigenvalue weighted by Gasteiger charge is -2.19. The third-order valence-corrected chi connectivity index (χ3v) is 2.81. The summed E-state index contributed by atoms with van der Waals surface area (Å²) in [5, 5.41) is 0. The highest BCUT2D eigenvalue weighted by atomic mass is 16.2. The maximum atomic E-state index is 12.2. The second-order valence-electron chi connectivity index (χ2n) is 4.09. The number of nitrogens with one attached hydrogen (secondary N) is 1. The van der Waals surface area contributed by atoms with Crippen molar-refractivity contribution in [3.8, 4) is 0 Å². The summed E-state index contributed by atoms with van der Waals surface area (Å²) < 4.78 is 0. The third-order valence-electron chi connectivity index (χ3n) is 2.81. The third kappa shape index (κ3) is 2.32. The fourth-order valence-electron chi connectivity index (χ4n) is 1.79. The van der Waals surface area contributed by atoms with E-state index in [-0.39, 0.29) is 11.5 Å². The van der Waals surface area contributed by atoms with Crippen LogP contribution in [0.15, 0.2) is 47.4 Å². The second kappa shape index (κ2) is 4.87. The lowest BCUT2D eigenvalue weighted by atomic mass is 10.1. The molecule has 1 heterocycles. The molecule has 0 radical (unpaired) electrons. The van der Waals surface area contributed by atoms with E-state index in [2.05, 4.69) is 4.98 Å². The smallest absolute Gasteiger partial charge is 0.259 e. The number of para-hydroxylation sites is 1. The summed E-state index contributed by atoms with van der Waals surface area (Å²) in [6, 6.07) is 10.5. The molecule has 1 aromatic heterocycles. The van der Waals surface area contributed by atoms with Gasteiger partial charge < -0.3 is 9.88 Å². The molecule has 1 aromatic carbocycles. The Kier molecular flexibility index (Phi) is 3.28. The van der Waals surface area contributed by atoms with Crippen molar-refractivity contribution in [2.24, 2.45) is 0 Å². The standard InChI is InChI=1S/C14H14N2O2/c1-10-5-3-4-6-12(10)16(2)14(18)11-7-8-13(17)15-9-11/h3-9H,1-2H3,(H,15,17). The van der Waals surface area contributed by atoms with Crippen LogP contribution in [0.25, 0.3) is 0 Å². The first-order valence-corrected chi connectivity index (χ1v) is 5.62. The van der Waals surface area contributed by atoms with Crippen LogP contribution in [0.5, 0.6) is 0 Å². The first kappa shape index (κ1) is 12.1. The molecular weight excluding hydrogens is 228 g/mol. The van der Waals surface area contributed by atoms with Crippen molar-refractivity contribution in [1.29, 1.82) is 0 Å². The molecule has 0 unspecified atom stereocenters. The molecule has 92 valence electrons. The highest BCUT2D eigenvalue weighted by Gasteiger charge is 2.14. The van der Waals surface area contributed by atoms with E-state index >= 15 is 0 Å². The number of anilines is 1. The van der Waals surface area contributed by atoms with Crippen LogP contribution >= 0.6 is 0 Å². The number of rotatable bonds is 2. The number of benzene rings is 1. The quantitative estimate of drug-likeness (QED) is 0.875. The molecule has 1 N–H and O–H groups in total. The van der Waals surface area contributed by atoms with Gasteiger partial charge >= 0.3 is 0 Å². The predicted molar refractivity (Wildman–Crippen MR) is 71.0 cm³/mol. The van der Waals surface area contributed by atoms with E-state index in [9.17, 15) is 9.59 Å². The van der Waals surface area contributed by atoms with Crippen LogP contribution < -0.4 is 10.5 Å². The largest absolute Gasteiger partial charge is 0.328 e.